The Kier molecular flexibility index (Phi) is 4.24. The number of thiophene rings is 1. The Morgan fingerprint density at radius 3 is 2.87 bits per heavy atom. The molecule has 1 amide bonds. The predicted molar refractivity (Wildman–Crippen MR) is 93.5 cm³/mol. The maximum Gasteiger partial charge on any atom is 0.224 e. The third kappa shape index (κ3) is 3.30. The summed E-state index contributed by atoms with van der Waals surface area (Å²) in [6, 6.07) is 9.91. The predicted octanol–water partition coefficient (Wildman–Crippen LogP) is 2.81. The van der Waals surface area contributed by atoms with Crippen molar-refractivity contribution >= 4 is 28.1 Å². The van der Waals surface area contributed by atoms with E-state index in [4.69, 9.17) is 0 Å². The van der Waals surface area contributed by atoms with Crippen LogP contribution in [0.1, 0.15) is 18.1 Å². The molecule has 0 fully saturated rings. The van der Waals surface area contributed by atoms with E-state index in [1.165, 1.54) is 11.3 Å². The van der Waals surface area contributed by atoms with Crippen molar-refractivity contribution in [3.05, 3.63) is 58.4 Å². The summed E-state index contributed by atoms with van der Waals surface area (Å²) in [5, 5.41) is 18.2. The lowest BCUT2D eigenvalue weighted by molar-refractivity contribution is -0.121. The van der Waals surface area contributed by atoms with E-state index in [-0.39, 0.29) is 12.5 Å². The number of hydrogen-bond acceptors (Lipinski definition) is 3. The van der Waals surface area contributed by atoms with E-state index in [1.807, 2.05) is 58.9 Å². The Morgan fingerprint density at radius 2 is 2.13 bits per heavy atom. The molecule has 2 heterocycles. The maximum atomic E-state index is 12.3. The van der Waals surface area contributed by atoms with Crippen molar-refractivity contribution in [2.75, 3.05) is 6.54 Å². The average Bonchev–Trinajstić information content (AvgIpc) is 3.16. The standard InChI is InChI=1S/C18H20N2O2S/c1-18(22,14-7-8-23-11-14)12-19-17(21)9-13-10-20(2)16-6-4-3-5-15(13)16/h3-8,10-11,22H,9,12H2,1-2H3,(H,19,21). The van der Waals surface area contributed by atoms with Crippen molar-refractivity contribution in [3.63, 3.8) is 0 Å². The minimum Gasteiger partial charge on any atom is -0.384 e. The summed E-state index contributed by atoms with van der Waals surface area (Å²) in [7, 11) is 1.98. The Hall–Kier alpha value is -2.11. The molecule has 3 aromatic rings. The third-order valence-corrected chi connectivity index (χ3v) is 4.79. The van der Waals surface area contributed by atoms with Gasteiger partial charge in [-0.15, -0.1) is 0 Å². The van der Waals surface area contributed by atoms with Crippen LogP contribution in [0.2, 0.25) is 0 Å². The number of fused-ring (bicyclic) bond motifs is 1. The molecule has 2 N–H and O–H groups in total. The number of carbonyl (C=O) groups is 1. The largest absolute Gasteiger partial charge is 0.384 e. The number of aliphatic hydroxyl groups is 1. The fourth-order valence-electron chi connectivity index (χ4n) is 2.75. The molecule has 23 heavy (non-hydrogen) atoms. The number of benzene rings is 1. The van der Waals surface area contributed by atoms with Crippen LogP contribution in [0.15, 0.2) is 47.3 Å². The Bertz CT molecular complexity index is 819. The molecule has 0 aliphatic carbocycles. The monoisotopic (exact) mass is 328 g/mol. The van der Waals surface area contributed by atoms with Gasteiger partial charge in [0.1, 0.15) is 5.60 Å². The first kappa shape index (κ1) is 15.8. The van der Waals surface area contributed by atoms with Gasteiger partial charge in [-0.2, -0.15) is 11.3 Å². The summed E-state index contributed by atoms with van der Waals surface area (Å²) >= 11 is 1.53. The van der Waals surface area contributed by atoms with Crippen LogP contribution in [0, 0.1) is 0 Å². The summed E-state index contributed by atoms with van der Waals surface area (Å²) in [6.07, 6.45) is 2.29. The van der Waals surface area contributed by atoms with Gasteiger partial charge in [0, 0.05) is 24.1 Å². The first-order chi connectivity index (χ1) is 11.0. The number of aryl methyl sites for hydroxylation is 1. The zero-order valence-electron chi connectivity index (χ0n) is 13.2. The van der Waals surface area contributed by atoms with E-state index in [0.717, 1.165) is 22.0 Å². The molecule has 1 unspecified atom stereocenters. The fourth-order valence-corrected chi connectivity index (χ4v) is 3.53. The van der Waals surface area contributed by atoms with Gasteiger partial charge in [-0.1, -0.05) is 18.2 Å². The summed E-state index contributed by atoms with van der Waals surface area (Å²) in [5.41, 5.74) is 1.89. The van der Waals surface area contributed by atoms with E-state index in [2.05, 4.69) is 5.32 Å². The molecule has 0 saturated carbocycles. The first-order valence-electron chi connectivity index (χ1n) is 7.52. The summed E-state index contributed by atoms with van der Waals surface area (Å²) < 4.78 is 2.03. The molecule has 0 spiro atoms. The smallest absolute Gasteiger partial charge is 0.224 e. The van der Waals surface area contributed by atoms with Crippen LogP contribution in [0.25, 0.3) is 10.9 Å². The lowest BCUT2D eigenvalue weighted by Crippen LogP contribution is -2.39. The second kappa shape index (κ2) is 6.18. The van der Waals surface area contributed by atoms with Gasteiger partial charge in [0.2, 0.25) is 5.91 Å². The summed E-state index contributed by atoms with van der Waals surface area (Å²) in [4.78, 5) is 12.3. The van der Waals surface area contributed by atoms with Crippen molar-refractivity contribution in [1.29, 1.82) is 0 Å². The molecular formula is C18H20N2O2S. The normalized spacial score (nSPS) is 13.9. The van der Waals surface area contributed by atoms with Crippen LogP contribution in [0.3, 0.4) is 0 Å². The van der Waals surface area contributed by atoms with Crippen molar-refractivity contribution in [3.8, 4) is 0 Å². The van der Waals surface area contributed by atoms with E-state index in [9.17, 15) is 9.90 Å². The molecule has 3 rings (SSSR count). The Balaban J connectivity index is 1.67. The molecule has 0 bridgehead atoms. The molecule has 0 saturated heterocycles. The molecule has 5 heteroatoms. The highest BCUT2D eigenvalue weighted by atomic mass is 32.1. The number of carbonyl (C=O) groups excluding carboxylic acids is 1. The highest BCUT2D eigenvalue weighted by molar-refractivity contribution is 7.08. The second-order valence-electron chi connectivity index (χ2n) is 6.02. The zero-order valence-corrected chi connectivity index (χ0v) is 14.1. The number of amides is 1. The first-order valence-corrected chi connectivity index (χ1v) is 8.46. The summed E-state index contributed by atoms with van der Waals surface area (Å²) in [5.74, 6) is -0.0862. The van der Waals surface area contributed by atoms with Crippen LogP contribution in [0.5, 0.6) is 0 Å². The number of aromatic nitrogens is 1. The maximum absolute atomic E-state index is 12.3. The van der Waals surface area contributed by atoms with E-state index < -0.39 is 5.60 Å². The van der Waals surface area contributed by atoms with Crippen molar-refractivity contribution in [2.24, 2.45) is 7.05 Å². The highest BCUT2D eigenvalue weighted by Gasteiger charge is 2.24. The molecule has 0 aliphatic rings. The van der Waals surface area contributed by atoms with Gasteiger partial charge < -0.3 is 15.0 Å². The number of para-hydroxylation sites is 1. The van der Waals surface area contributed by atoms with Crippen molar-refractivity contribution in [1.82, 2.24) is 9.88 Å². The van der Waals surface area contributed by atoms with Gasteiger partial charge in [-0.3, -0.25) is 4.79 Å². The van der Waals surface area contributed by atoms with Crippen LogP contribution in [-0.2, 0) is 23.9 Å². The fraction of sp³-hybridized carbons (Fsp3) is 0.278. The second-order valence-corrected chi connectivity index (χ2v) is 6.80. The molecular weight excluding hydrogens is 308 g/mol. The number of rotatable bonds is 5. The quantitative estimate of drug-likeness (QED) is 0.757. The lowest BCUT2D eigenvalue weighted by Gasteiger charge is -2.22. The minimum atomic E-state index is -1.05. The Labute approximate surface area is 139 Å². The van der Waals surface area contributed by atoms with E-state index >= 15 is 0 Å². The van der Waals surface area contributed by atoms with Crippen LogP contribution >= 0.6 is 11.3 Å². The van der Waals surface area contributed by atoms with Gasteiger partial charge in [-0.25, -0.2) is 0 Å². The zero-order chi connectivity index (χ0) is 16.4. The van der Waals surface area contributed by atoms with E-state index in [0.29, 0.717) is 6.42 Å². The Morgan fingerprint density at radius 1 is 1.35 bits per heavy atom. The van der Waals surface area contributed by atoms with E-state index in [1.54, 1.807) is 6.92 Å². The van der Waals surface area contributed by atoms with Gasteiger partial charge in [0.15, 0.2) is 0 Å². The molecule has 0 aliphatic heterocycles. The topological polar surface area (TPSA) is 54.3 Å². The average molecular weight is 328 g/mol. The van der Waals surface area contributed by atoms with Crippen LogP contribution in [-0.4, -0.2) is 22.1 Å². The van der Waals surface area contributed by atoms with Crippen LogP contribution < -0.4 is 5.32 Å². The SMILES string of the molecule is Cn1cc(CC(=O)NCC(C)(O)c2ccsc2)c2ccccc21. The lowest BCUT2D eigenvalue weighted by atomic mass is 9.99. The van der Waals surface area contributed by atoms with Gasteiger partial charge >= 0.3 is 0 Å². The summed E-state index contributed by atoms with van der Waals surface area (Å²) in [6.45, 7) is 1.92. The number of hydrogen-bond donors (Lipinski definition) is 2. The molecule has 2 aromatic heterocycles. The molecule has 1 aromatic carbocycles. The molecule has 1 atom stereocenters. The van der Waals surface area contributed by atoms with Crippen molar-refractivity contribution in [2.45, 2.75) is 18.9 Å². The van der Waals surface area contributed by atoms with Crippen LogP contribution in [0.4, 0.5) is 0 Å². The number of nitrogens with one attached hydrogen (secondary N) is 1. The molecule has 0 radical (unpaired) electrons. The van der Waals surface area contributed by atoms with Gasteiger partial charge in [0.05, 0.1) is 13.0 Å². The number of nitrogens with zero attached hydrogens (tertiary/aromatic N) is 1. The highest BCUT2D eigenvalue weighted by Crippen LogP contribution is 2.23. The van der Waals surface area contributed by atoms with Gasteiger partial charge in [-0.05, 0) is 40.9 Å². The molecule has 4 nitrogen and oxygen atoms in total. The third-order valence-electron chi connectivity index (χ3n) is 4.10. The van der Waals surface area contributed by atoms with Gasteiger partial charge in [0.25, 0.3) is 0 Å². The molecule has 120 valence electrons. The van der Waals surface area contributed by atoms with Crippen molar-refractivity contribution < 1.29 is 9.90 Å². The minimum absolute atomic E-state index is 0.0862.